The highest BCUT2D eigenvalue weighted by atomic mass is 32.1. The number of nitrogens with zero attached hydrogens (tertiary/aromatic N) is 2. The molecule has 8 aromatic carbocycles. The molecule has 0 atom stereocenters. The second-order valence-corrected chi connectivity index (χ2v) is 15.1. The lowest BCUT2D eigenvalue weighted by Crippen LogP contribution is -1.94. The van der Waals surface area contributed by atoms with Gasteiger partial charge in [-0.3, -0.25) is 0 Å². The maximum atomic E-state index is 6.76. The predicted molar refractivity (Wildman–Crippen MR) is 221 cm³/mol. The zero-order valence-corrected chi connectivity index (χ0v) is 28.5. The number of thiophene rings is 1. The quantitative estimate of drug-likeness (QED) is 0.178. The van der Waals surface area contributed by atoms with Crippen LogP contribution in [0, 0.1) is 0 Å². The second kappa shape index (κ2) is 9.58. The molecule has 0 amide bonds. The maximum absolute atomic E-state index is 6.76. The molecule has 0 aliphatic heterocycles. The summed E-state index contributed by atoms with van der Waals surface area (Å²) in [7, 11) is 0. The third kappa shape index (κ3) is 3.27. The minimum absolute atomic E-state index is 0.925. The summed E-state index contributed by atoms with van der Waals surface area (Å²) in [6, 6.07) is 57.7. The molecule has 0 N–H and O–H groups in total. The monoisotopic (exact) mass is 678 g/mol. The number of aromatic nitrogens is 2. The van der Waals surface area contributed by atoms with Gasteiger partial charge >= 0.3 is 0 Å². The van der Waals surface area contributed by atoms with Crippen LogP contribution in [-0.4, -0.2) is 8.97 Å². The van der Waals surface area contributed by atoms with Crippen molar-refractivity contribution in [1.82, 2.24) is 8.97 Å². The van der Waals surface area contributed by atoms with Crippen LogP contribution >= 0.6 is 11.3 Å². The predicted octanol–water partition coefficient (Wildman–Crippen LogP) is 13.9. The summed E-state index contributed by atoms with van der Waals surface area (Å²) in [5.74, 6) is 0. The first kappa shape index (κ1) is 27.1. The van der Waals surface area contributed by atoms with Crippen LogP contribution in [0.15, 0.2) is 162 Å². The Kier molecular flexibility index (Phi) is 5.00. The Balaban J connectivity index is 1.11. The van der Waals surface area contributed by atoms with Gasteiger partial charge in [0.1, 0.15) is 11.2 Å². The van der Waals surface area contributed by atoms with Crippen LogP contribution in [0.3, 0.4) is 0 Å². The third-order valence-corrected chi connectivity index (χ3v) is 12.6. The highest BCUT2D eigenvalue weighted by Gasteiger charge is 2.25. The molecule has 240 valence electrons. The largest absolute Gasteiger partial charge is 0.455 e. The van der Waals surface area contributed by atoms with E-state index < -0.39 is 0 Å². The summed E-state index contributed by atoms with van der Waals surface area (Å²) in [4.78, 5) is 0. The van der Waals surface area contributed by atoms with Crippen molar-refractivity contribution < 1.29 is 4.42 Å². The molecule has 0 unspecified atom stereocenters. The number of rotatable bonds is 2. The van der Waals surface area contributed by atoms with Gasteiger partial charge in [-0.1, -0.05) is 103 Å². The Morgan fingerprint density at radius 3 is 1.75 bits per heavy atom. The van der Waals surface area contributed by atoms with Gasteiger partial charge in [-0.2, -0.15) is 0 Å². The van der Waals surface area contributed by atoms with Gasteiger partial charge in [0.15, 0.2) is 0 Å². The van der Waals surface area contributed by atoms with Crippen molar-refractivity contribution in [3.05, 3.63) is 158 Å². The summed E-state index contributed by atoms with van der Waals surface area (Å²) in [6.07, 6.45) is 0. The molecule has 0 saturated carbocycles. The smallest absolute Gasteiger partial charge is 0.145 e. The van der Waals surface area contributed by atoms with Gasteiger partial charge in [-0.25, -0.2) is 0 Å². The first-order chi connectivity index (χ1) is 25.8. The lowest BCUT2D eigenvalue weighted by atomic mass is 9.99. The fourth-order valence-electron chi connectivity index (χ4n) is 9.30. The van der Waals surface area contributed by atoms with Crippen molar-refractivity contribution in [2.75, 3.05) is 0 Å². The van der Waals surface area contributed by atoms with E-state index in [9.17, 15) is 0 Å². The van der Waals surface area contributed by atoms with Crippen molar-refractivity contribution in [3.63, 3.8) is 0 Å². The third-order valence-electron chi connectivity index (χ3n) is 11.4. The number of furan rings is 1. The van der Waals surface area contributed by atoms with Crippen molar-refractivity contribution in [2.45, 2.75) is 0 Å². The molecule has 4 heteroatoms. The Bertz CT molecular complexity index is 3550. The average molecular weight is 679 g/mol. The molecule has 13 rings (SSSR count). The van der Waals surface area contributed by atoms with Gasteiger partial charge in [-0.15, -0.1) is 11.3 Å². The highest BCUT2D eigenvalue weighted by molar-refractivity contribution is 7.27. The van der Waals surface area contributed by atoms with Gasteiger partial charge in [-0.05, 0) is 65.7 Å². The van der Waals surface area contributed by atoms with Crippen LogP contribution in [-0.2, 0) is 0 Å². The fraction of sp³-hybridized carbons (Fsp3) is 0. The topological polar surface area (TPSA) is 22.5 Å². The van der Waals surface area contributed by atoms with Crippen LogP contribution in [0.1, 0.15) is 0 Å². The average Bonchev–Trinajstić information content (AvgIpc) is 4.00. The standard InChI is InChI=1S/C48H26N2OS/c1-6-16-37-30(11-1)35-25-28(26-36-31-12-2-7-17-38(31)50(37)45(35)36)27-21-23-29(24-22-27)49-39-18-8-3-13-32(39)42-43-33-14-4-9-19-40(33)51-47(43)44-34-15-5-10-20-41(34)52-48(44)46(42)49/h1-26H. The summed E-state index contributed by atoms with van der Waals surface area (Å²) < 4.78 is 14.2. The van der Waals surface area contributed by atoms with Crippen molar-refractivity contribution in [2.24, 2.45) is 0 Å². The molecule has 0 saturated heterocycles. The molecular formula is C48H26N2OS. The van der Waals surface area contributed by atoms with E-state index in [2.05, 4.69) is 167 Å². The van der Waals surface area contributed by atoms with E-state index in [1.807, 2.05) is 11.3 Å². The van der Waals surface area contributed by atoms with Crippen molar-refractivity contribution in [1.29, 1.82) is 0 Å². The fourth-order valence-corrected chi connectivity index (χ4v) is 10.5. The number of hydrogen-bond donors (Lipinski definition) is 0. The van der Waals surface area contributed by atoms with E-state index in [1.165, 1.54) is 96.6 Å². The summed E-state index contributed by atoms with van der Waals surface area (Å²) >= 11 is 1.86. The molecule has 5 aromatic heterocycles. The number of para-hydroxylation sites is 4. The molecule has 13 aromatic rings. The minimum Gasteiger partial charge on any atom is -0.455 e. The molecule has 0 radical (unpaired) electrons. The Morgan fingerprint density at radius 1 is 0.423 bits per heavy atom. The lowest BCUT2D eigenvalue weighted by molar-refractivity contribution is 0.673. The molecule has 5 heterocycles. The van der Waals surface area contributed by atoms with E-state index in [-0.39, 0.29) is 0 Å². The van der Waals surface area contributed by atoms with Gasteiger partial charge in [0, 0.05) is 64.2 Å². The van der Waals surface area contributed by atoms with Crippen LogP contribution in [0.2, 0.25) is 0 Å². The zero-order valence-electron chi connectivity index (χ0n) is 27.7. The Morgan fingerprint density at radius 2 is 1.02 bits per heavy atom. The molecule has 0 aliphatic carbocycles. The van der Waals surface area contributed by atoms with Gasteiger partial charge in [0.05, 0.1) is 32.3 Å². The summed E-state index contributed by atoms with van der Waals surface area (Å²) in [5.41, 5.74) is 11.7. The molecule has 0 aliphatic rings. The maximum Gasteiger partial charge on any atom is 0.145 e. The number of fused-ring (bicyclic) bond motifs is 18. The van der Waals surface area contributed by atoms with Crippen LogP contribution in [0.25, 0.3) is 119 Å². The summed E-state index contributed by atoms with van der Waals surface area (Å²) in [6.45, 7) is 0. The second-order valence-electron chi connectivity index (χ2n) is 14.0. The molecule has 0 fully saturated rings. The van der Waals surface area contributed by atoms with Crippen LogP contribution in [0.5, 0.6) is 0 Å². The van der Waals surface area contributed by atoms with Crippen molar-refractivity contribution in [3.8, 4) is 16.8 Å². The van der Waals surface area contributed by atoms with Crippen LogP contribution < -0.4 is 0 Å². The number of hydrogen-bond acceptors (Lipinski definition) is 2. The zero-order chi connectivity index (χ0) is 33.7. The molecule has 52 heavy (non-hydrogen) atoms. The molecule has 0 bridgehead atoms. The van der Waals surface area contributed by atoms with Gasteiger partial charge < -0.3 is 13.4 Å². The molecule has 3 nitrogen and oxygen atoms in total. The Hall–Kier alpha value is -6.62. The normalized spacial score (nSPS) is 12.6. The van der Waals surface area contributed by atoms with Crippen molar-refractivity contribution >= 4 is 113 Å². The van der Waals surface area contributed by atoms with Crippen LogP contribution in [0.4, 0.5) is 0 Å². The first-order valence-corrected chi connectivity index (χ1v) is 18.6. The van der Waals surface area contributed by atoms with E-state index >= 15 is 0 Å². The van der Waals surface area contributed by atoms with E-state index in [4.69, 9.17) is 4.42 Å². The molecule has 0 spiro atoms. The van der Waals surface area contributed by atoms with Gasteiger partial charge in [0.2, 0.25) is 0 Å². The Labute approximate surface area is 300 Å². The van der Waals surface area contributed by atoms with E-state index in [0.717, 1.165) is 22.2 Å². The minimum atomic E-state index is 0.925. The summed E-state index contributed by atoms with van der Waals surface area (Å²) in [5, 5.41) is 12.5. The van der Waals surface area contributed by atoms with E-state index in [0.29, 0.717) is 0 Å². The molecular weight excluding hydrogens is 653 g/mol. The lowest BCUT2D eigenvalue weighted by Gasteiger charge is -2.11. The first-order valence-electron chi connectivity index (χ1n) is 17.8. The van der Waals surface area contributed by atoms with E-state index in [1.54, 1.807) is 0 Å². The SMILES string of the molecule is c1ccc2c(c1)oc1c3c4ccccc4sc3c3c(c4ccccc4n3-c3ccc(-c4cc5c6ccccc6n6c7ccccc7c(c4)c56)cc3)c21. The number of benzene rings is 8. The highest BCUT2D eigenvalue weighted by Crippen LogP contribution is 2.50. The van der Waals surface area contributed by atoms with Gasteiger partial charge in [0.25, 0.3) is 0 Å².